The molecule has 2 aromatic rings. The molecule has 7 N–H and O–H groups in total. The highest BCUT2D eigenvalue weighted by molar-refractivity contribution is 7.66. The van der Waals surface area contributed by atoms with Crippen LogP contribution in [0.3, 0.4) is 0 Å². The first-order chi connectivity index (χ1) is 14.2. The molecule has 1 fully saturated rings. The molecular weight excluding hydrogens is 494 g/mol. The molecule has 21 heteroatoms. The molecule has 0 amide bonds. The van der Waals surface area contributed by atoms with Crippen LogP contribution < -0.4 is 5.73 Å². The van der Waals surface area contributed by atoms with Crippen LogP contribution in [0.2, 0.25) is 0 Å². The van der Waals surface area contributed by atoms with Gasteiger partial charge in [-0.3, -0.25) is 9.09 Å². The number of aliphatic hydroxyl groups is 1. The average molecular weight is 509 g/mol. The number of halogens is 1. The van der Waals surface area contributed by atoms with E-state index in [4.69, 9.17) is 25.2 Å². The van der Waals surface area contributed by atoms with Crippen molar-refractivity contribution in [2.45, 2.75) is 24.6 Å². The lowest BCUT2D eigenvalue weighted by Crippen LogP contribution is -2.31. The molecule has 0 aliphatic carbocycles. The highest BCUT2D eigenvalue weighted by Crippen LogP contribution is 2.66. The monoisotopic (exact) mass is 509 g/mol. The number of nitrogens with two attached hydrogens (primary N) is 1. The standard InChI is InChI=1S/C10H15FN5O12P3/c11-5-7(17)4(1-25-30(21,22)28-31(23,24)27-29(18,19)20)26-10(5)16-3-15-6-8(12)13-2-14-9(6)16/h2-5,7,10,17H,1H2,(H,21,22)(H,23,24)(H2,12,13,14)(H2,18,19,20)/t4-,5?,7?,10-/m1/s1. The van der Waals surface area contributed by atoms with Crippen molar-refractivity contribution in [2.24, 2.45) is 0 Å². The number of aromatic nitrogens is 4. The minimum Gasteiger partial charge on any atom is -0.387 e. The van der Waals surface area contributed by atoms with Gasteiger partial charge in [0.25, 0.3) is 0 Å². The van der Waals surface area contributed by atoms with Gasteiger partial charge in [-0.1, -0.05) is 0 Å². The third-order valence-corrected chi connectivity index (χ3v) is 7.58. The van der Waals surface area contributed by atoms with Crippen molar-refractivity contribution in [3.63, 3.8) is 0 Å². The Morgan fingerprint density at radius 1 is 1.13 bits per heavy atom. The summed E-state index contributed by atoms with van der Waals surface area (Å²) in [6, 6.07) is 0. The summed E-state index contributed by atoms with van der Waals surface area (Å²) >= 11 is 0. The predicted molar refractivity (Wildman–Crippen MR) is 94.4 cm³/mol. The van der Waals surface area contributed by atoms with Gasteiger partial charge >= 0.3 is 23.5 Å². The van der Waals surface area contributed by atoms with E-state index in [9.17, 15) is 28.1 Å². The van der Waals surface area contributed by atoms with Crippen molar-refractivity contribution in [3.05, 3.63) is 12.7 Å². The number of nitrogen functional groups attached to an aromatic ring is 1. The molecule has 3 rings (SSSR count). The second-order valence-corrected chi connectivity index (χ2v) is 10.4. The molecule has 1 aliphatic rings. The number of aliphatic hydroxyl groups excluding tert-OH is 1. The number of imidazole rings is 1. The normalized spacial score (nSPS) is 28.5. The zero-order chi connectivity index (χ0) is 23.2. The molecule has 31 heavy (non-hydrogen) atoms. The lowest BCUT2D eigenvalue weighted by molar-refractivity contribution is -0.0450. The maximum Gasteiger partial charge on any atom is 0.490 e. The van der Waals surface area contributed by atoms with Gasteiger partial charge in [-0.2, -0.15) is 8.62 Å². The Morgan fingerprint density at radius 3 is 2.45 bits per heavy atom. The zero-order valence-corrected chi connectivity index (χ0v) is 17.5. The van der Waals surface area contributed by atoms with Gasteiger partial charge in [-0.05, 0) is 0 Å². The van der Waals surface area contributed by atoms with Gasteiger partial charge in [-0.25, -0.2) is 33.0 Å². The molecule has 174 valence electrons. The van der Waals surface area contributed by atoms with Gasteiger partial charge in [0.15, 0.2) is 23.9 Å². The minimum atomic E-state index is -5.73. The van der Waals surface area contributed by atoms with Crippen LogP contribution in [-0.4, -0.2) is 69.2 Å². The van der Waals surface area contributed by atoms with E-state index < -0.39 is 54.7 Å². The summed E-state index contributed by atoms with van der Waals surface area (Å²) in [6.07, 6.45) is -4.88. The third-order valence-electron chi connectivity index (χ3n) is 3.77. The van der Waals surface area contributed by atoms with E-state index in [1.54, 1.807) is 0 Å². The molecule has 3 heterocycles. The lowest BCUT2D eigenvalue weighted by Gasteiger charge is -2.19. The number of hydrogen-bond acceptors (Lipinski definition) is 12. The molecule has 0 saturated carbocycles. The summed E-state index contributed by atoms with van der Waals surface area (Å²) in [6.45, 7) is -1.04. The van der Waals surface area contributed by atoms with E-state index in [2.05, 4.69) is 28.1 Å². The topological polar surface area (TPSA) is 259 Å². The highest BCUT2D eigenvalue weighted by Gasteiger charge is 2.48. The third kappa shape index (κ3) is 5.70. The summed E-state index contributed by atoms with van der Waals surface area (Å²) < 4.78 is 66.1. The second-order valence-electron chi connectivity index (χ2n) is 5.97. The van der Waals surface area contributed by atoms with Gasteiger partial charge in [-0.15, -0.1) is 0 Å². The molecule has 2 aromatic heterocycles. The van der Waals surface area contributed by atoms with Crippen LogP contribution in [0.15, 0.2) is 12.7 Å². The van der Waals surface area contributed by atoms with Crippen LogP contribution in [0.5, 0.6) is 0 Å². The van der Waals surface area contributed by atoms with Gasteiger partial charge in [0.1, 0.15) is 24.1 Å². The molecule has 4 unspecified atom stereocenters. The van der Waals surface area contributed by atoms with Gasteiger partial charge < -0.3 is 35.2 Å². The number of phosphoric ester groups is 1. The van der Waals surface area contributed by atoms with Crippen LogP contribution >= 0.6 is 23.5 Å². The average Bonchev–Trinajstić information content (AvgIpc) is 3.13. The first-order valence-corrected chi connectivity index (χ1v) is 12.4. The number of anilines is 1. The minimum absolute atomic E-state index is 0.00177. The largest absolute Gasteiger partial charge is 0.490 e. The number of phosphoric acid groups is 3. The van der Waals surface area contributed by atoms with E-state index in [1.807, 2.05) is 0 Å². The van der Waals surface area contributed by atoms with Gasteiger partial charge in [0, 0.05) is 0 Å². The zero-order valence-electron chi connectivity index (χ0n) is 14.9. The molecule has 0 spiro atoms. The Hall–Kier alpha value is -1.39. The van der Waals surface area contributed by atoms with E-state index in [-0.39, 0.29) is 17.0 Å². The predicted octanol–water partition coefficient (Wildman–Crippen LogP) is -0.652. The number of nitrogens with zero attached hydrogens (tertiary/aromatic N) is 4. The number of ether oxygens (including phenoxy) is 1. The fraction of sp³-hybridized carbons (Fsp3) is 0.500. The second kappa shape index (κ2) is 8.51. The highest BCUT2D eigenvalue weighted by atomic mass is 31.3. The lowest BCUT2D eigenvalue weighted by atomic mass is 10.1. The quantitative estimate of drug-likeness (QED) is 0.241. The molecule has 1 aliphatic heterocycles. The van der Waals surface area contributed by atoms with Crippen molar-refractivity contribution < 1.29 is 60.6 Å². The van der Waals surface area contributed by atoms with Crippen LogP contribution in [0, 0.1) is 0 Å². The van der Waals surface area contributed by atoms with Crippen LogP contribution in [0.4, 0.5) is 10.2 Å². The summed E-state index contributed by atoms with van der Waals surface area (Å²) in [5.74, 6) is 0.00177. The smallest absolute Gasteiger partial charge is 0.387 e. The van der Waals surface area contributed by atoms with Gasteiger partial charge in [0.2, 0.25) is 0 Å². The Kier molecular flexibility index (Phi) is 6.66. The summed E-state index contributed by atoms with van der Waals surface area (Å²) in [7, 11) is -16.8. The maximum absolute atomic E-state index is 14.6. The van der Waals surface area contributed by atoms with Crippen LogP contribution in [-0.2, 0) is 31.6 Å². The number of alkyl halides is 1. The molecule has 1 saturated heterocycles. The SMILES string of the molecule is Nc1ncnc2c1ncn2[C@@H]1O[C@H](COP(=O)(O)OP(=O)(O)OP(=O)(O)O)C(O)C1F. The Balaban J connectivity index is 1.69. The van der Waals surface area contributed by atoms with Crippen molar-refractivity contribution in [1.82, 2.24) is 19.5 Å². The molecule has 0 bridgehead atoms. The van der Waals surface area contributed by atoms with Crippen molar-refractivity contribution >= 4 is 40.4 Å². The molecule has 0 radical (unpaired) electrons. The molecular formula is C10H15FN5O12P3. The molecule has 6 atom stereocenters. The maximum atomic E-state index is 14.6. The number of hydrogen-bond donors (Lipinski definition) is 6. The van der Waals surface area contributed by atoms with E-state index in [0.717, 1.165) is 17.2 Å². The van der Waals surface area contributed by atoms with E-state index >= 15 is 0 Å². The first-order valence-electron chi connectivity index (χ1n) is 7.88. The Labute approximate surface area is 171 Å². The molecule has 17 nitrogen and oxygen atoms in total. The summed E-state index contributed by atoms with van der Waals surface area (Å²) in [4.78, 5) is 47.0. The van der Waals surface area contributed by atoms with E-state index in [1.165, 1.54) is 0 Å². The van der Waals surface area contributed by atoms with Crippen molar-refractivity contribution in [3.8, 4) is 0 Å². The van der Waals surface area contributed by atoms with Crippen molar-refractivity contribution in [2.75, 3.05) is 12.3 Å². The number of rotatable bonds is 8. The van der Waals surface area contributed by atoms with Crippen LogP contribution in [0.25, 0.3) is 11.2 Å². The summed E-state index contributed by atoms with van der Waals surface area (Å²) in [5.41, 5.74) is 5.84. The van der Waals surface area contributed by atoms with Crippen molar-refractivity contribution in [1.29, 1.82) is 0 Å². The van der Waals surface area contributed by atoms with E-state index in [0.29, 0.717) is 0 Å². The fourth-order valence-corrected chi connectivity index (χ4v) is 5.62. The number of fused-ring (bicyclic) bond motifs is 1. The summed E-state index contributed by atoms with van der Waals surface area (Å²) in [5, 5.41) is 10.0. The van der Waals surface area contributed by atoms with Gasteiger partial charge in [0.05, 0.1) is 12.9 Å². The Bertz CT molecular complexity index is 1110. The first kappa shape index (κ1) is 24.3. The molecule has 0 aromatic carbocycles. The van der Waals surface area contributed by atoms with Crippen LogP contribution in [0.1, 0.15) is 6.23 Å². The Morgan fingerprint density at radius 2 is 1.81 bits per heavy atom. The fourth-order valence-electron chi connectivity index (χ4n) is 2.59.